The van der Waals surface area contributed by atoms with Gasteiger partial charge in [0.2, 0.25) is 11.7 Å². The fourth-order valence-electron chi connectivity index (χ4n) is 5.76. The van der Waals surface area contributed by atoms with Gasteiger partial charge in [0.15, 0.2) is 0 Å². The molecule has 7 heteroatoms. The van der Waals surface area contributed by atoms with Gasteiger partial charge in [-0.2, -0.15) is 0 Å². The van der Waals surface area contributed by atoms with Gasteiger partial charge in [-0.1, -0.05) is 42.1 Å². The van der Waals surface area contributed by atoms with Gasteiger partial charge >= 0.3 is 0 Å². The van der Waals surface area contributed by atoms with E-state index in [0.717, 1.165) is 48.8 Å². The van der Waals surface area contributed by atoms with Gasteiger partial charge in [0.1, 0.15) is 5.76 Å². The minimum atomic E-state index is -0.348. The van der Waals surface area contributed by atoms with Gasteiger partial charge in [-0.05, 0) is 61.9 Å². The van der Waals surface area contributed by atoms with Crippen molar-refractivity contribution in [2.75, 3.05) is 24.5 Å². The molecule has 0 unspecified atom stereocenters. The third-order valence-corrected chi connectivity index (χ3v) is 8.75. The van der Waals surface area contributed by atoms with Crippen LogP contribution in [0.1, 0.15) is 33.6 Å². The van der Waals surface area contributed by atoms with Crippen LogP contribution in [-0.4, -0.2) is 47.0 Å². The maximum Gasteiger partial charge on any atom is 0.243 e. The fourth-order valence-corrected chi connectivity index (χ4v) is 7.04. The summed E-state index contributed by atoms with van der Waals surface area (Å²) >= 11 is 1.67. The van der Waals surface area contributed by atoms with Crippen LogP contribution in [0, 0.1) is 0 Å². The molecule has 1 amide bonds. The Bertz CT molecular complexity index is 1600. The van der Waals surface area contributed by atoms with Gasteiger partial charge < -0.3 is 14.9 Å². The standard InChI is InChI=1S/C31H29N3O3S/c1-4-33(5-2)20-13-14-22(24(17-20)32-18(3)35)26-29(36)27(30(26)37)23-11-8-16-34-28-21-10-7-6-9-19(21)12-15-25(28)38-31(23)34/h6-7,9-10,12-15,17,36H,4-5,8,11,16H2,1-3H3. The summed E-state index contributed by atoms with van der Waals surface area (Å²) in [6, 6.07) is 12.6. The molecule has 0 radical (unpaired) electrons. The molecular weight excluding hydrogens is 494 g/mol. The lowest BCUT2D eigenvalue weighted by atomic mass is 9.77. The van der Waals surface area contributed by atoms with Crippen molar-refractivity contribution in [3.8, 4) is 0 Å². The summed E-state index contributed by atoms with van der Waals surface area (Å²) < 4.78 is 0. The molecule has 6 nitrogen and oxygen atoms in total. The molecule has 2 aliphatic heterocycles. The van der Waals surface area contributed by atoms with Crippen LogP contribution >= 0.6 is 11.8 Å². The number of ketones is 1. The third-order valence-electron chi connectivity index (χ3n) is 7.54. The first-order valence-electron chi connectivity index (χ1n) is 13.1. The molecule has 0 saturated heterocycles. The Morgan fingerprint density at radius 2 is 1.89 bits per heavy atom. The van der Waals surface area contributed by atoms with Crippen LogP contribution in [0.2, 0.25) is 0 Å². The Labute approximate surface area is 226 Å². The van der Waals surface area contributed by atoms with E-state index in [0.29, 0.717) is 16.9 Å². The zero-order valence-corrected chi connectivity index (χ0v) is 22.6. The molecule has 0 aromatic heterocycles. The molecular formula is C31H29N3O3S. The monoisotopic (exact) mass is 523 g/mol. The number of aliphatic hydroxyl groups excluding tert-OH is 1. The number of amides is 1. The van der Waals surface area contributed by atoms with E-state index in [2.05, 4.69) is 59.0 Å². The van der Waals surface area contributed by atoms with Crippen LogP contribution < -0.4 is 4.90 Å². The lowest BCUT2D eigenvalue weighted by Crippen LogP contribution is -2.32. The van der Waals surface area contributed by atoms with Crippen molar-refractivity contribution >= 4 is 45.6 Å². The maximum absolute atomic E-state index is 13.7. The summed E-state index contributed by atoms with van der Waals surface area (Å²) in [4.78, 5) is 35.4. The molecule has 0 atom stereocenters. The number of aliphatic hydroxyl groups is 1. The normalized spacial score (nSPS) is 21.7. The van der Waals surface area contributed by atoms with E-state index in [9.17, 15) is 14.7 Å². The number of nitrogens with zero attached hydrogens (tertiary/aromatic N) is 3. The number of aliphatic imine (C=N–C) groups is 1. The highest BCUT2D eigenvalue weighted by molar-refractivity contribution is 8.03. The molecule has 192 valence electrons. The van der Waals surface area contributed by atoms with E-state index >= 15 is 0 Å². The highest BCUT2D eigenvalue weighted by atomic mass is 32.2. The first kappa shape index (κ1) is 24.5. The van der Waals surface area contributed by atoms with Crippen molar-refractivity contribution in [3.05, 3.63) is 93.4 Å². The Balaban J connectivity index is 1.44. The number of anilines is 1. The van der Waals surface area contributed by atoms with Crippen LogP contribution in [-0.2, 0) is 9.59 Å². The number of carbonyl (C=O) groups is 2. The van der Waals surface area contributed by atoms with Crippen molar-refractivity contribution in [1.29, 1.82) is 0 Å². The van der Waals surface area contributed by atoms with Gasteiger partial charge in [0.05, 0.1) is 27.6 Å². The van der Waals surface area contributed by atoms with Crippen LogP contribution in [0.25, 0.3) is 10.8 Å². The molecule has 0 saturated carbocycles. The minimum absolute atomic E-state index is 0.00337. The Hall–Kier alpha value is -3.84. The molecule has 2 aromatic rings. The zero-order chi connectivity index (χ0) is 26.6. The number of Topliss-reactive ketones (excluding diaryl/α,β-unsaturated/α-hetero) is 1. The van der Waals surface area contributed by atoms with Gasteiger partial charge in [-0.25, -0.2) is 4.99 Å². The molecule has 38 heavy (non-hydrogen) atoms. The van der Waals surface area contributed by atoms with Crippen LogP contribution in [0.5, 0.6) is 0 Å². The lowest BCUT2D eigenvalue weighted by Gasteiger charge is -2.33. The minimum Gasteiger partial charge on any atom is -0.506 e. The number of hydrogen-bond donors (Lipinski definition) is 1. The van der Waals surface area contributed by atoms with Gasteiger partial charge in [-0.15, -0.1) is 0 Å². The molecule has 0 bridgehead atoms. The van der Waals surface area contributed by atoms with Gasteiger partial charge in [0, 0.05) is 48.1 Å². The second kappa shape index (κ2) is 9.48. The summed E-state index contributed by atoms with van der Waals surface area (Å²) in [5.41, 5.74) is 4.55. The van der Waals surface area contributed by atoms with E-state index in [4.69, 9.17) is 0 Å². The van der Waals surface area contributed by atoms with E-state index < -0.39 is 0 Å². The summed E-state index contributed by atoms with van der Waals surface area (Å²) in [6.07, 6.45) is 7.17. The molecule has 6 rings (SSSR count). The van der Waals surface area contributed by atoms with Crippen molar-refractivity contribution in [2.45, 2.75) is 38.5 Å². The Kier molecular flexibility index (Phi) is 6.11. The molecule has 2 aliphatic carbocycles. The number of fused-ring (bicyclic) bond motifs is 5. The topological polar surface area (TPSA) is 73.2 Å². The molecule has 1 N–H and O–H groups in total. The predicted molar refractivity (Wildman–Crippen MR) is 153 cm³/mol. The SMILES string of the molecule is CCN(CC)C1=CC(=NC(C)=O)C(=C2C(=O)C(C3=C4Sc5ccc6ccccc6c5N4CCC3)=C2O)C=C1. The number of benzene rings is 2. The average molecular weight is 524 g/mol. The summed E-state index contributed by atoms with van der Waals surface area (Å²) in [7, 11) is 0. The lowest BCUT2D eigenvalue weighted by molar-refractivity contribution is -0.116. The van der Waals surface area contributed by atoms with E-state index in [1.165, 1.54) is 28.3 Å². The fraction of sp³-hybridized carbons (Fsp3) is 0.258. The Morgan fingerprint density at radius 1 is 1.11 bits per heavy atom. The largest absolute Gasteiger partial charge is 0.506 e. The molecule has 0 spiro atoms. The van der Waals surface area contributed by atoms with E-state index in [1.54, 1.807) is 17.8 Å². The van der Waals surface area contributed by atoms with Crippen molar-refractivity contribution < 1.29 is 14.7 Å². The predicted octanol–water partition coefficient (Wildman–Crippen LogP) is 6.23. The highest BCUT2D eigenvalue weighted by Crippen LogP contribution is 2.54. The van der Waals surface area contributed by atoms with Crippen molar-refractivity contribution in [1.82, 2.24) is 4.90 Å². The summed E-state index contributed by atoms with van der Waals surface area (Å²) in [5, 5.41) is 14.7. The number of hydrogen-bond acceptors (Lipinski definition) is 6. The first-order valence-corrected chi connectivity index (χ1v) is 13.9. The number of carbonyl (C=O) groups excluding carboxylic acids is 2. The molecule has 4 aliphatic rings. The number of thioether (sulfide) groups is 1. The summed E-state index contributed by atoms with van der Waals surface area (Å²) in [6.45, 7) is 8.01. The van der Waals surface area contributed by atoms with Gasteiger partial charge in [-0.3, -0.25) is 9.59 Å². The highest BCUT2D eigenvalue weighted by Gasteiger charge is 2.43. The van der Waals surface area contributed by atoms with Crippen LogP contribution in [0.3, 0.4) is 0 Å². The van der Waals surface area contributed by atoms with Crippen molar-refractivity contribution in [3.63, 3.8) is 0 Å². The first-order chi connectivity index (χ1) is 18.4. The third kappa shape index (κ3) is 3.76. The molecule has 0 fully saturated rings. The number of allylic oxidation sites excluding steroid dienone is 7. The van der Waals surface area contributed by atoms with Gasteiger partial charge in [0.25, 0.3) is 0 Å². The second-order valence-electron chi connectivity index (χ2n) is 9.71. The smallest absolute Gasteiger partial charge is 0.243 e. The summed E-state index contributed by atoms with van der Waals surface area (Å²) in [5.74, 6) is -0.542. The van der Waals surface area contributed by atoms with Crippen LogP contribution in [0.15, 0.2) is 103 Å². The zero-order valence-electron chi connectivity index (χ0n) is 21.7. The average Bonchev–Trinajstić information content (AvgIpc) is 3.31. The molecule has 2 aromatic carbocycles. The van der Waals surface area contributed by atoms with E-state index in [1.807, 2.05) is 18.2 Å². The maximum atomic E-state index is 13.7. The number of rotatable bonds is 4. The number of likely N-dealkylation sites (N-methyl/N-ethyl adjacent to an activating group) is 1. The van der Waals surface area contributed by atoms with E-state index in [-0.39, 0.29) is 23.0 Å². The molecule has 2 heterocycles. The van der Waals surface area contributed by atoms with Crippen LogP contribution in [0.4, 0.5) is 5.69 Å². The second-order valence-corrected chi connectivity index (χ2v) is 10.7. The Morgan fingerprint density at radius 3 is 2.63 bits per heavy atom. The quantitative estimate of drug-likeness (QED) is 0.479. The van der Waals surface area contributed by atoms with Crippen molar-refractivity contribution in [2.24, 2.45) is 4.99 Å².